The van der Waals surface area contributed by atoms with Gasteiger partial charge in [-0.25, -0.2) is 4.99 Å². The number of thioether (sulfide) groups is 1. The highest BCUT2D eigenvalue weighted by molar-refractivity contribution is 8.18. The second-order valence-corrected chi connectivity index (χ2v) is 6.43. The van der Waals surface area contributed by atoms with Crippen molar-refractivity contribution in [1.82, 2.24) is 5.32 Å². The number of rotatable bonds is 3. The summed E-state index contributed by atoms with van der Waals surface area (Å²) in [6, 6.07) is 14.0. The third-order valence-corrected chi connectivity index (χ3v) is 4.78. The highest BCUT2D eigenvalue weighted by Crippen LogP contribution is 2.33. The van der Waals surface area contributed by atoms with E-state index in [0.29, 0.717) is 27.0 Å². The second kappa shape index (κ2) is 6.82. The zero-order chi connectivity index (χ0) is 18.0. The Morgan fingerprint density at radius 3 is 2.48 bits per heavy atom. The normalized spacial score (nSPS) is 17.5. The topological polar surface area (TPSA) is 111 Å². The molecule has 2 aromatic carbocycles. The molecule has 0 aromatic heterocycles. The van der Waals surface area contributed by atoms with E-state index in [1.54, 1.807) is 36.4 Å². The molecule has 0 unspecified atom stereocenters. The van der Waals surface area contributed by atoms with Gasteiger partial charge < -0.3 is 16.8 Å². The maximum Gasteiger partial charge on any atom is 0.264 e. The van der Waals surface area contributed by atoms with Crippen LogP contribution in [-0.2, 0) is 4.79 Å². The van der Waals surface area contributed by atoms with Gasteiger partial charge in [-0.3, -0.25) is 9.59 Å². The van der Waals surface area contributed by atoms with Gasteiger partial charge in [0, 0.05) is 5.69 Å². The Hall–Kier alpha value is -3.06. The SMILES string of the molecule is C/C(=C1/SC(=Nc2ccccc2C(N)=O)NC1=O)c1ccc(N)cc1. The van der Waals surface area contributed by atoms with E-state index in [4.69, 9.17) is 11.5 Å². The number of nitrogen functional groups attached to an aromatic ring is 1. The van der Waals surface area contributed by atoms with Gasteiger partial charge in [-0.2, -0.15) is 0 Å². The van der Waals surface area contributed by atoms with E-state index in [9.17, 15) is 9.59 Å². The molecule has 1 saturated heterocycles. The number of hydrogen-bond acceptors (Lipinski definition) is 5. The molecule has 25 heavy (non-hydrogen) atoms. The van der Waals surface area contributed by atoms with E-state index in [0.717, 1.165) is 11.1 Å². The molecule has 126 valence electrons. The van der Waals surface area contributed by atoms with E-state index in [2.05, 4.69) is 10.3 Å². The van der Waals surface area contributed by atoms with Crippen molar-refractivity contribution in [1.29, 1.82) is 0 Å². The average molecular weight is 352 g/mol. The number of benzene rings is 2. The molecule has 3 rings (SSSR count). The summed E-state index contributed by atoms with van der Waals surface area (Å²) in [5.74, 6) is -0.794. The molecule has 1 heterocycles. The lowest BCUT2D eigenvalue weighted by molar-refractivity contribution is -0.115. The lowest BCUT2D eigenvalue weighted by Crippen LogP contribution is -2.20. The molecular weight excluding hydrogens is 336 g/mol. The van der Waals surface area contributed by atoms with E-state index >= 15 is 0 Å². The first-order valence-corrected chi connectivity index (χ1v) is 8.31. The number of amidine groups is 1. The summed E-state index contributed by atoms with van der Waals surface area (Å²) in [5.41, 5.74) is 14.2. The van der Waals surface area contributed by atoms with Crippen LogP contribution in [0, 0.1) is 0 Å². The van der Waals surface area contributed by atoms with Gasteiger partial charge in [0.15, 0.2) is 5.17 Å². The van der Waals surface area contributed by atoms with Crippen LogP contribution in [0.5, 0.6) is 0 Å². The third-order valence-electron chi connectivity index (χ3n) is 3.70. The quantitative estimate of drug-likeness (QED) is 0.582. The van der Waals surface area contributed by atoms with Gasteiger partial charge >= 0.3 is 0 Å². The number of carbonyl (C=O) groups excluding carboxylic acids is 2. The number of hydrogen-bond donors (Lipinski definition) is 3. The molecule has 1 aliphatic heterocycles. The summed E-state index contributed by atoms with van der Waals surface area (Å²) in [5, 5.41) is 3.13. The van der Waals surface area contributed by atoms with Gasteiger partial charge in [-0.05, 0) is 54.1 Å². The predicted molar refractivity (Wildman–Crippen MR) is 101 cm³/mol. The smallest absolute Gasteiger partial charge is 0.264 e. The van der Waals surface area contributed by atoms with Crippen molar-refractivity contribution in [3.63, 3.8) is 0 Å². The first-order chi connectivity index (χ1) is 12.0. The van der Waals surface area contributed by atoms with Crippen LogP contribution >= 0.6 is 11.8 Å². The van der Waals surface area contributed by atoms with Gasteiger partial charge in [-0.15, -0.1) is 0 Å². The van der Waals surface area contributed by atoms with Crippen LogP contribution in [0.2, 0.25) is 0 Å². The number of allylic oxidation sites excluding steroid dienone is 1. The van der Waals surface area contributed by atoms with Crippen LogP contribution in [0.3, 0.4) is 0 Å². The highest BCUT2D eigenvalue weighted by Gasteiger charge is 2.26. The first kappa shape index (κ1) is 16.8. The summed E-state index contributed by atoms with van der Waals surface area (Å²) in [4.78, 5) is 28.7. The summed E-state index contributed by atoms with van der Waals surface area (Å²) >= 11 is 1.23. The molecule has 2 aromatic rings. The summed E-state index contributed by atoms with van der Waals surface area (Å²) in [6.07, 6.45) is 0. The van der Waals surface area contributed by atoms with Crippen LogP contribution < -0.4 is 16.8 Å². The standard InChI is InChI=1S/C18H16N4O2S/c1-10(11-6-8-12(19)9-7-11)15-17(24)22-18(25-15)21-14-5-3-2-4-13(14)16(20)23/h2-9H,19H2,1H3,(H2,20,23)(H,21,22,24)/b15-10-. The number of nitrogens with two attached hydrogens (primary N) is 2. The van der Waals surface area contributed by atoms with Crippen molar-refractivity contribution in [3.8, 4) is 0 Å². The Morgan fingerprint density at radius 2 is 1.80 bits per heavy atom. The zero-order valence-electron chi connectivity index (χ0n) is 13.4. The molecule has 0 bridgehead atoms. The Balaban J connectivity index is 1.94. The van der Waals surface area contributed by atoms with Crippen molar-refractivity contribution in [2.75, 3.05) is 5.73 Å². The fourth-order valence-corrected chi connectivity index (χ4v) is 3.27. The Morgan fingerprint density at radius 1 is 1.12 bits per heavy atom. The van der Waals surface area contributed by atoms with E-state index in [1.165, 1.54) is 11.8 Å². The van der Waals surface area contributed by atoms with Crippen molar-refractivity contribution in [3.05, 3.63) is 64.6 Å². The first-order valence-electron chi connectivity index (χ1n) is 7.49. The van der Waals surface area contributed by atoms with Crippen LogP contribution in [-0.4, -0.2) is 17.0 Å². The number of para-hydroxylation sites is 1. The van der Waals surface area contributed by atoms with Gasteiger partial charge in [-0.1, -0.05) is 24.3 Å². The van der Waals surface area contributed by atoms with Crippen LogP contribution in [0.4, 0.5) is 11.4 Å². The summed E-state index contributed by atoms with van der Waals surface area (Å²) < 4.78 is 0. The lowest BCUT2D eigenvalue weighted by atomic mass is 10.1. The molecule has 5 N–H and O–H groups in total. The van der Waals surface area contributed by atoms with E-state index < -0.39 is 5.91 Å². The monoisotopic (exact) mass is 352 g/mol. The molecule has 0 aliphatic carbocycles. The summed E-state index contributed by atoms with van der Waals surface area (Å²) in [7, 11) is 0. The highest BCUT2D eigenvalue weighted by atomic mass is 32.2. The molecule has 0 atom stereocenters. The van der Waals surface area contributed by atoms with Crippen molar-refractivity contribution >= 4 is 45.7 Å². The molecule has 6 nitrogen and oxygen atoms in total. The Labute approximate surface area is 149 Å². The van der Waals surface area contributed by atoms with Gasteiger partial charge in [0.25, 0.3) is 11.8 Å². The van der Waals surface area contributed by atoms with Gasteiger partial charge in [0.05, 0.1) is 16.2 Å². The van der Waals surface area contributed by atoms with Crippen LogP contribution in [0.25, 0.3) is 5.57 Å². The van der Waals surface area contributed by atoms with Crippen molar-refractivity contribution in [2.45, 2.75) is 6.92 Å². The van der Waals surface area contributed by atoms with Crippen molar-refractivity contribution < 1.29 is 9.59 Å². The number of amides is 2. The maximum atomic E-state index is 12.3. The fourth-order valence-electron chi connectivity index (χ4n) is 2.37. The van der Waals surface area contributed by atoms with Crippen LogP contribution in [0.1, 0.15) is 22.8 Å². The fraction of sp³-hybridized carbons (Fsp3) is 0.0556. The molecule has 0 radical (unpaired) electrons. The number of nitrogens with zero attached hydrogens (tertiary/aromatic N) is 1. The van der Waals surface area contributed by atoms with Gasteiger partial charge in [0.2, 0.25) is 0 Å². The maximum absolute atomic E-state index is 12.3. The zero-order valence-corrected chi connectivity index (χ0v) is 14.3. The van der Waals surface area contributed by atoms with Gasteiger partial charge in [0.1, 0.15) is 0 Å². The largest absolute Gasteiger partial charge is 0.399 e. The second-order valence-electron chi connectivity index (χ2n) is 5.43. The average Bonchev–Trinajstić information content (AvgIpc) is 2.95. The molecule has 0 spiro atoms. The molecule has 1 aliphatic rings. The van der Waals surface area contributed by atoms with Crippen molar-refractivity contribution in [2.24, 2.45) is 10.7 Å². The number of carbonyl (C=O) groups is 2. The van der Waals surface area contributed by atoms with E-state index in [-0.39, 0.29) is 5.91 Å². The minimum Gasteiger partial charge on any atom is -0.399 e. The predicted octanol–water partition coefficient (Wildman–Crippen LogP) is 2.65. The number of aliphatic imine (C=N–C) groups is 1. The summed E-state index contributed by atoms with van der Waals surface area (Å²) in [6.45, 7) is 1.87. The molecule has 0 saturated carbocycles. The third kappa shape index (κ3) is 3.56. The number of anilines is 1. The van der Waals surface area contributed by atoms with E-state index in [1.807, 2.05) is 19.1 Å². The Kier molecular flexibility index (Phi) is 4.58. The number of primary amides is 1. The Bertz CT molecular complexity index is 917. The minimum absolute atomic E-state index is 0.227. The van der Waals surface area contributed by atoms with Crippen LogP contribution in [0.15, 0.2) is 58.4 Å². The molecular formula is C18H16N4O2S. The molecule has 1 fully saturated rings. The number of nitrogens with one attached hydrogen (secondary N) is 1. The lowest BCUT2D eigenvalue weighted by Gasteiger charge is -2.04. The molecule has 7 heteroatoms. The molecule has 2 amide bonds. The minimum atomic E-state index is -0.567.